The average molecular weight is 538 g/mol. The molecule has 0 bridgehead atoms. The van der Waals surface area contributed by atoms with Gasteiger partial charge in [0.05, 0.1) is 28.7 Å². The van der Waals surface area contributed by atoms with Crippen LogP contribution in [0.25, 0.3) is 0 Å². The summed E-state index contributed by atoms with van der Waals surface area (Å²) >= 11 is 2.98. The minimum atomic E-state index is -0.664. The Hall–Kier alpha value is -3.66. The van der Waals surface area contributed by atoms with Crippen LogP contribution in [0.1, 0.15) is 68.4 Å². The van der Waals surface area contributed by atoms with Crippen LogP contribution in [0.3, 0.4) is 0 Å². The number of rotatable bonds is 4. The minimum Gasteiger partial charge on any atom is -0.397 e. The van der Waals surface area contributed by atoms with Crippen LogP contribution in [-0.2, 0) is 0 Å². The SMILES string of the molecule is Nc1cc(F)c(Br)nc1C(=O)Nc1cnccc1C1CCC[C@H](N2C(=O)c3ccccc3C2=O)C1. The lowest BCUT2D eigenvalue weighted by Crippen LogP contribution is -2.42. The highest BCUT2D eigenvalue weighted by Crippen LogP contribution is 2.40. The summed E-state index contributed by atoms with van der Waals surface area (Å²) in [7, 11) is 0. The molecule has 5 rings (SSSR count). The number of aromatic nitrogens is 2. The first-order chi connectivity index (χ1) is 16.8. The molecule has 3 aromatic rings. The summed E-state index contributed by atoms with van der Waals surface area (Å²) in [5.74, 6) is -1.79. The van der Waals surface area contributed by atoms with Crippen LogP contribution in [-0.4, -0.2) is 38.6 Å². The number of imide groups is 1. The highest BCUT2D eigenvalue weighted by molar-refractivity contribution is 9.10. The summed E-state index contributed by atoms with van der Waals surface area (Å²) in [4.78, 5) is 48.3. The molecule has 3 N–H and O–H groups in total. The molecule has 8 nitrogen and oxygen atoms in total. The van der Waals surface area contributed by atoms with Crippen molar-refractivity contribution in [3.8, 4) is 0 Å². The topological polar surface area (TPSA) is 118 Å². The molecule has 2 aliphatic rings. The number of nitrogens with two attached hydrogens (primary N) is 1. The Morgan fingerprint density at radius 2 is 1.86 bits per heavy atom. The first-order valence-electron chi connectivity index (χ1n) is 11.2. The van der Waals surface area contributed by atoms with Crippen molar-refractivity contribution >= 4 is 45.0 Å². The molecule has 0 spiro atoms. The Morgan fingerprint density at radius 1 is 1.14 bits per heavy atom. The van der Waals surface area contributed by atoms with Crippen molar-refractivity contribution in [2.45, 2.75) is 37.6 Å². The van der Waals surface area contributed by atoms with E-state index >= 15 is 0 Å². The van der Waals surface area contributed by atoms with E-state index in [1.54, 1.807) is 30.5 Å². The molecule has 1 unspecified atom stereocenters. The number of nitrogens with zero attached hydrogens (tertiary/aromatic N) is 3. The lowest BCUT2D eigenvalue weighted by molar-refractivity contribution is 0.0539. The van der Waals surface area contributed by atoms with Gasteiger partial charge in [-0.1, -0.05) is 18.6 Å². The van der Waals surface area contributed by atoms with Crippen LogP contribution in [0.2, 0.25) is 0 Å². The third kappa shape index (κ3) is 4.18. The first kappa shape index (κ1) is 23.1. The molecule has 178 valence electrons. The van der Waals surface area contributed by atoms with E-state index in [4.69, 9.17) is 5.73 Å². The van der Waals surface area contributed by atoms with Gasteiger partial charge in [0.2, 0.25) is 0 Å². The zero-order valence-corrected chi connectivity index (χ0v) is 20.1. The third-order valence-electron chi connectivity index (χ3n) is 6.56. The van der Waals surface area contributed by atoms with E-state index in [9.17, 15) is 18.8 Å². The molecule has 1 fully saturated rings. The molecule has 1 aliphatic carbocycles. The van der Waals surface area contributed by atoms with Crippen molar-refractivity contribution in [1.82, 2.24) is 14.9 Å². The molecule has 2 atom stereocenters. The summed E-state index contributed by atoms with van der Waals surface area (Å²) in [6.45, 7) is 0. The lowest BCUT2D eigenvalue weighted by Gasteiger charge is -2.35. The second-order valence-corrected chi connectivity index (χ2v) is 9.41. The molecule has 3 heterocycles. The molecular formula is C25H21BrFN5O3. The molecule has 0 radical (unpaired) electrons. The van der Waals surface area contributed by atoms with Crippen molar-refractivity contribution in [2.75, 3.05) is 11.1 Å². The van der Waals surface area contributed by atoms with E-state index in [0.717, 1.165) is 30.9 Å². The molecule has 0 saturated heterocycles. The van der Waals surface area contributed by atoms with Crippen molar-refractivity contribution in [3.63, 3.8) is 0 Å². The van der Waals surface area contributed by atoms with Crippen LogP contribution in [0, 0.1) is 5.82 Å². The minimum absolute atomic E-state index is 0.0124. The van der Waals surface area contributed by atoms with Gasteiger partial charge in [-0.3, -0.25) is 24.3 Å². The van der Waals surface area contributed by atoms with E-state index in [0.29, 0.717) is 23.2 Å². The Balaban J connectivity index is 1.38. The Morgan fingerprint density at radius 3 is 2.57 bits per heavy atom. The van der Waals surface area contributed by atoms with Crippen LogP contribution in [0.15, 0.2) is 53.4 Å². The molecule has 10 heteroatoms. The quantitative estimate of drug-likeness (QED) is 0.372. The number of hydrogen-bond acceptors (Lipinski definition) is 6. The van der Waals surface area contributed by atoms with Crippen LogP contribution in [0.4, 0.5) is 15.8 Å². The van der Waals surface area contributed by atoms with E-state index in [-0.39, 0.29) is 39.8 Å². The van der Waals surface area contributed by atoms with Crippen molar-refractivity contribution in [1.29, 1.82) is 0 Å². The number of carbonyl (C=O) groups excluding carboxylic acids is 3. The number of benzene rings is 1. The number of halogens is 2. The number of pyridine rings is 2. The van der Waals surface area contributed by atoms with Gasteiger partial charge in [0.15, 0.2) is 11.5 Å². The van der Waals surface area contributed by atoms with Crippen molar-refractivity contribution < 1.29 is 18.8 Å². The fraction of sp³-hybridized carbons (Fsp3) is 0.240. The number of nitrogen functional groups attached to an aromatic ring is 1. The maximum Gasteiger partial charge on any atom is 0.276 e. The van der Waals surface area contributed by atoms with E-state index in [1.807, 2.05) is 6.07 Å². The largest absolute Gasteiger partial charge is 0.397 e. The third-order valence-corrected chi connectivity index (χ3v) is 7.11. The first-order valence-corrected chi connectivity index (χ1v) is 12.0. The van der Waals surface area contributed by atoms with Gasteiger partial charge in [-0.25, -0.2) is 9.37 Å². The van der Waals surface area contributed by atoms with Gasteiger partial charge in [-0.05, 0) is 64.9 Å². The Bertz CT molecular complexity index is 1330. The maximum absolute atomic E-state index is 13.7. The lowest BCUT2D eigenvalue weighted by atomic mass is 9.80. The van der Waals surface area contributed by atoms with Gasteiger partial charge in [0, 0.05) is 18.3 Å². The number of fused-ring (bicyclic) bond motifs is 1. The Kier molecular flexibility index (Phi) is 6.06. The van der Waals surface area contributed by atoms with E-state index < -0.39 is 11.7 Å². The summed E-state index contributed by atoms with van der Waals surface area (Å²) in [5, 5.41) is 2.79. The van der Waals surface area contributed by atoms with Crippen LogP contribution >= 0.6 is 15.9 Å². The van der Waals surface area contributed by atoms with Crippen LogP contribution < -0.4 is 11.1 Å². The van der Waals surface area contributed by atoms with Crippen LogP contribution in [0.5, 0.6) is 0 Å². The van der Waals surface area contributed by atoms with E-state index in [1.165, 1.54) is 11.1 Å². The molecule has 3 amide bonds. The molecular weight excluding hydrogens is 517 g/mol. The monoisotopic (exact) mass is 537 g/mol. The predicted octanol–water partition coefficient (Wildman–Crippen LogP) is 4.54. The van der Waals surface area contributed by atoms with Gasteiger partial charge in [0.1, 0.15) is 4.60 Å². The number of carbonyl (C=O) groups is 3. The number of nitrogens with one attached hydrogen (secondary N) is 1. The molecule has 1 aromatic carbocycles. The maximum atomic E-state index is 13.7. The number of anilines is 2. The average Bonchev–Trinajstić information content (AvgIpc) is 3.11. The summed E-state index contributed by atoms with van der Waals surface area (Å²) in [5.41, 5.74) is 7.81. The molecule has 2 aromatic heterocycles. The zero-order valence-electron chi connectivity index (χ0n) is 18.5. The fourth-order valence-corrected chi connectivity index (χ4v) is 5.22. The second kappa shape index (κ2) is 9.18. The van der Waals surface area contributed by atoms with E-state index in [2.05, 4.69) is 31.2 Å². The van der Waals surface area contributed by atoms with Gasteiger partial charge in [-0.15, -0.1) is 0 Å². The summed E-state index contributed by atoms with van der Waals surface area (Å²) in [6, 6.07) is 9.48. The summed E-state index contributed by atoms with van der Waals surface area (Å²) < 4.78 is 13.6. The van der Waals surface area contributed by atoms with Gasteiger partial charge in [0.25, 0.3) is 17.7 Å². The van der Waals surface area contributed by atoms with Crippen molar-refractivity contribution in [2.24, 2.45) is 0 Å². The highest BCUT2D eigenvalue weighted by Gasteiger charge is 2.41. The number of hydrogen-bond donors (Lipinski definition) is 2. The number of amides is 3. The van der Waals surface area contributed by atoms with Gasteiger partial charge < -0.3 is 11.1 Å². The van der Waals surface area contributed by atoms with Gasteiger partial charge in [-0.2, -0.15) is 0 Å². The molecule has 1 aliphatic heterocycles. The highest BCUT2D eigenvalue weighted by atomic mass is 79.9. The fourth-order valence-electron chi connectivity index (χ4n) is 4.93. The standard InChI is InChI=1S/C25H21BrFN5O3/c26-22-18(27)11-19(28)21(31-22)23(33)30-20-12-29-9-8-15(20)13-4-3-5-14(10-13)32-24(34)16-6-1-2-7-17(16)25(32)35/h1-2,6-9,11-14H,3-5,10,28H2,(H,30,33)/t13?,14-/m0/s1. The normalized spacial score (nSPS) is 19.5. The smallest absolute Gasteiger partial charge is 0.276 e. The second-order valence-electron chi connectivity index (χ2n) is 8.66. The summed E-state index contributed by atoms with van der Waals surface area (Å²) in [6.07, 6.45) is 6.11. The van der Waals surface area contributed by atoms with Crippen molar-refractivity contribution in [3.05, 3.63) is 81.6 Å². The zero-order chi connectivity index (χ0) is 24.7. The van der Waals surface area contributed by atoms with Gasteiger partial charge >= 0.3 is 0 Å². The Labute approximate surface area is 208 Å². The predicted molar refractivity (Wildman–Crippen MR) is 130 cm³/mol. The molecule has 35 heavy (non-hydrogen) atoms. The molecule has 1 saturated carbocycles.